The molecule has 0 unspecified atom stereocenters. The van der Waals surface area contributed by atoms with Gasteiger partial charge in [-0.25, -0.2) is 4.98 Å². The standard InChI is InChI=1S/C8H7F3N2O3/c1-15-7-12-2-5(3-14)6(13-7)16-4-8(9,10)11/h2-3H,4H2,1H3. The molecule has 0 aromatic carbocycles. The van der Waals surface area contributed by atoms with Crippen LogP contribution in [-0.2, 0) is 0 Å². The van der Waals surface area contributed by atoms with Gasteiger partial charge in [0.15, 0.2) is 12.9 Å². The van der Waals surface area contributed by atoms with Gasteiger partial charge >= 0.3 is 12.2 Å². The SMILES string of the molecule is COc1ncc(C=O)c(OCC(F)(F)F)n1. The average Bonchev–Trinajstić information content (AvgIpc) is 2.25. The second-order valence-corrected chi connectivity index (χ2v) is 2.64. The Bertz CT molecular complexity index is 381. The Kier molecular flexibility index (Phi) is 3.64. The molecule has 0 aliphatic heterocycles. The lowest BCUT2D eigenvalue weighted by molar-refractivity contribution is -0.154. The molecule has 5 nitrogen and oxygen atoms in total. The summed E-state index contributed by atoms with van der Waals surface area (Å²) in [5.41, 5.74) is -0.176. The van der Waals surface area contributed by atoms with E-state index >= 15 is 0 Å². The van der Waals surface area contributed by atoms with Gasteiger partial charge in [-0.05, 0) is 0 Å². The summed E-state index contributed by atoms with van der Waals surface area (Å²) in [6.07, 6.45) is -3.19. The van der Waals surface area contributed by atoms with E-state index in [1.165, 1.54) is 7.11 Å². The summed E-state index contributed by atoms with van der Waals surface area (Å²) in [5.74, 6) is -0.459. The van der Waals surface area contributed by atoms with Gasteiger partial charge in [-0.3, -0.25) is 4.79 Å². The van der Waals surface area contributed by atoms with Crippen molar-refractivity contribution in [2.45, 2.75) is 6.18 Å². The number of methoxy groups -OCH3 is 1. The summed E-state index contributed by atoms with van der Waals surface area (Å²) in [6.45, 7) is -1.53. The third-order valence-corrected chi connectivity index (χ3v) is 1.44. The van der Waals surface area contributed by atoms with Crippen molar-refractivity contribution in [3.05, 3.63) is 11.8 Å². The second-order valence-electron chi connectivity index (χ2n) is 2.64. The van der Waals surface area contributed by atoms with Gasteiger partial charge in [0.1, 0.15) is 0 Å². The lowest BCUT2D eigenvalue weighted by atomic mass is 10.4. The maximum absolute atomic E-state index is 11.9. The molecule has 0 atom stereocenters. The number of aldehydes is 1. The Balaban J connectivity index is 2.87. The first-order valence-corrected chi connectivity index (χ1v) is 4.02. The van der Waals surface area contributed by atoms with Crippen LogP contribution in [0, 0.1) is 0 Å². The highest BCUT2D eigenvalue weighted by Gasteiger charge is 2.29. The van der Waals surface area contributed by atoms with Crippen LogP contribution >= 0.6 is 0 Å². The van der Waals surface area contributed by atoms with Crippen LogP contribution in [0.3, 0.4) is 0 Å². The first-order chi connectivity index (χ1) is 7.46. The van der Waals surface area contributed by atoms with E-state index in [0.29, 0.717) is 6.29 Å². The Labute approximate surface area is 88.2 Å². The van der Waals surface area contributed by atoms with Crippen LogP contribution < -0.4 is 9.47 Å². The lowest BCUT2D eigenvalue weighted by Crippen LogP contribution is -2.20. The average molecular weight is 236 g/mol. The van der Waals surface area contributed by atoms with E-state index in [2.05, 4.69) is 19.4 Å². The predicted octanol–water partition coefficient (Wildman–Crippen LogP) is 1.24. The number of ether oxygens (including phenoxy) is 2. The van der Waals surface area contributed by atoms with Gasteiger partial charge in [0.25, 0.3) is 0 Å². The molecular formula is C8H7F3N2O3. The molecule has 0 N–H and O–H groups in total. The highest BCUT2D eigenvalue weighted by atomic mass is 19.4. The first kappa shape index (κ1) is 12.2. The molecule has 1 aromatic rings. The van der Waals surface area contributed by atoms with Crippen LogP contribution in [0.15, 0.2) is 6.20 Å². The zero-order valence-corrected chi connectivity index (χ0v) is 8.11. The third kappa shape index (κ3) is 3.37. The van der Waals surface area contributed by atoms with Crippen molar-refractivity contribution in [1.29, 1.82) is 0 Å². The van der Waals surface area contributed by atoms with Gasteiger partial charge in [-0.1, -0.05) is 0 Å². The number of carbonyl (C=O) groups is 1. The van der Waals surface area contributed by atoms with Crippen molar-refractivity contribution in [2.75, 3.05) is 13.7 Å². The molecule has 1 heterocycles. The van der Waals surface area contributed by atoms with Crippen molar-refractivity contribution in [2.24, 2.45) is 0 Å². The summed E-state index contributed by atoms with van der Waals surface area (Å²) in [4.78, 5) is 17.5. The van der Waals surface area contributed by atoms with E-state index in [0.717, 1.165) is 6.20 Å². The molecule has 1 rings (SSSR count). The quantitative estimate of drug-likeness (QED) is 0.736. The smallest absolute Gasteiger partial charge is 0.422 e. The molecule has 8 heteroatoms. The van der Waals surface area contributed by atoms with E-state index in [9.17, 15) is 18.0 Å². The predicted molar refractivity (Wildman–Crippen MR) is 45.5 cm³/mol. The van der Waals surface area contributed by atoms with Crippen molar-refractivity contribution < 1.29 is 27.4 Å². The van der Waals surface area contributed by atoms with E-state index in [4.69, 9.17) is 0 Å². The minimum atomic E-state index is -4.50. The number of alkyl halides is 3. The monoisotopic (exact) mass is 236 g/mol. The molecule has 0 fully saturated rings. The van der Waals surface area contributed by atoms with Gasteiger partial charge < -0.3 is 9.47 Å². The molecule has 0 aliphatic carbocycles. The zero-order valence-electron chi connectivity index (χ0n) is 8.11. The number of hydrogen-bond donors (Lipinski definition) is 0. The molecule has 0 spiro atoms. The summed E-state index contributed by atoms with van der Waals surface area (Å²) >= 11 is 0. The first-order valence-electron chi connectivity index (χ1n) is 4.02. The summed E-state index contributed by atoms with van der Waals surface area (Å²) in [5, 5.41) is 0. The number of aromatic nitrogens is 2. The van der Waals surface area contributed by atoms with Crippen LogP contribution in [0.5, 0.6) is 11.9 Å². The molecule has 0 amide bonds. The molecule has 16 heavy (non-hydrogen) atoms. The molecule has 88 valence electrons. The maximum atomic E-state index is 11.9. The van der Waals surface area contributed by atoms with E-state index in [-0.39, 0.29) is 11.6 Å². The molecule has 0 aliphatic rings. The molecule has 0 saturated carbocycles. The van der Waals surface area contributed by atoms with E-state index in [1.54, 1.807) is 0 Å². The number of nitrogens with zero attached hydrogens (tertiary/aromatic N) is 2. The fourth-order valence-corrected chi connectivity index (χ4v) is 0.805. The summed E-state index contributed by atoms with van der Waals surface area (Å²) in [6, 6.07) is -0.178. The number of rotatable bonds is 4. The summed E-state index contributed by atoms with van der Waals surface area (Å²) in [7, 11) is 1.24. The Hall–Kier alpha value is -1.86. The highest BCUT2D eigenvalue weighted by molar-refractivity contribution is 5.77. The minimum absolute atomic E-state index is 0.176. The lowest BCUT2D eigenvalue weighted by Gasteiger charge is -2.09. The van der Waals surface area contributed by atoms with E-state index < -0.39 is 18.7 Å². The van der Waals surface area contributed by atoms with Crippen LogP contribution in [0.25, 0.3) is 0 Å². The van der Waals surface area contributed by atoms with Crippen molar-refractivity contribution >= 4 is 6.29 Å². The van der Waals surface area contributed by atoms with Gasteiger partial charge in [0, 0.05) is 6.20 Å². The maximum Gasteiger partial charge on any atom is 0.422 e. The Morgan fingerprint density at radius 3 is 2.69 bits per heavy atom. The van der Waals surface area contributed by atoms with Gasteiger partial charge in [0.2, 0.25) is 5.88 Å². The molecule has 0 bridgehead atoms. The van der Waals surface area contributed by atoms with Crippen LogP contribution in [-0.4, -0.2) is 36.1 Å². The molecule has 1 aromatic heterocycles. The number of carbonyl (C=O) groups excluding carboxylic acids is 1. The van der Waals surface area contributed by atoms with Crippen LogP contribution in [0.2, 0.25) is 0 Å². The number of hydrogen-bond acceptors (Lipinski definition) is 5. The fraction of sp³-hybridized carbons (Fsp3) is 0.375. The topological polar surface area (TPSA) is 61.3 Å². The van der Waals surface area contributed by atoms with E-state index in [1.807, 2.05) is 0 Å². The van der Waals surface area contributed by atoms with Crippen LogP contribution in [0.4, 0.5) is 13.2 Å². The van der Waals surface area contributed by atoms with Crippen molar-refractivity contribution in [3.63, 3.8) is 0 Å². The van der Waals surface area contributed by atoms with Crippen molar-refractivity contribution in [3.8, 4) is 11.9 Å². The molecular weight excluding hydrogens is 229 g/mol. The second kappa shape index (κ2) is 4.77. The largest absolute Gasteiger partial charge is 0.467 e. The minimum Gasteiger partial charge on any atom is -0.467 e. The van der Waals surface area contributed by atoms with Crippen molar-refractivity contribution in [1.82, 2.24) is 9.97 Å². The van der Waals surface area contributed by atoms with Gasteiger partial charge in [0.05, 0.1) is 12.7 Å². The normalized spacial score (nSPS) is 11.0. The molecule has 0 radical (unpaired) electrons. The summed E-state index contributed by atoms with van der Waals surface area (Å²) < 4.78 is 44.5. The Morgan fingerprint density at radius 2 is 2.19 bits per heavy atom. The number of halogens is 3. The molecule has 0 saturated heterocycles. The van der Waals surface area contributed by atoms with Gasteiger partial charge in [-0.2, -0.15) is 18.2 Å². The fourth-order valence-electron chi connectivity index (χ4n) is 0.805. The van der Waals surface area contributed by atoms with Gasteiger partial charge in [-0.15, -0.1) is 0 Å². The van der Waals surface area contributed by atoms with Crippen LogP contribution in [0.1, 0.15) is 10.4 Å². The third-order valence-electron chi connectivity index (χ3n) is 1.44. The zero-order chi connectivity index (χ0) is 12.2. The highest BCUT2D eigenvalue weighted by Crippen LogP contribution is 2.20. The Morgan fingerprint density at radius 1 is 1.50 bits per heavy atom.